The first-order chi connectivity index (χ1) is 6.20. The van der Waals surface area contributed by atoms with E-state index in [4.69, 9.17) is 4.74 Å². The van der Waals surface area contributed by atoms with Crippen LogP contribution in [0.5, 0.6) is 0 Å². The predicted octanol–water partition coefficient (Wildman–Crippen LogP) is 3.75. The van der Waals surface area contributed by atoms with Gasteiger partial charge in [0, 0.05) is 0 Å². The molecule has 1 rings (SSSR count). The van der Waals surface area contributed by atoms with Gasteiger partial charge in [-0.05, 0) is 51.5 Å². The quantitative estimate of drug-likeness (QED) is 0.623. The van der Waals surface area contributed by atoms with Crippen LogP contribution in [0.3, 0.4) is 0 Å². The summed E-state index contributed by atoms with van der Waals surface area (Å²) in [4.78, 5) is 0. The summed E-state index contributed by atoms with van der Waals surface area (Å²) >= 11 is 0. The Kier molecular flexibility index (Phi) is 3.10. The fraction of sp³-hybridized carbons (Fsp3) is 0.769. The van der Waals surface area contributed by atoms with Gasteiger partial charge in [0.05, 0.1) is 11.7 Å². The molecule has 0 heterocycles. The molecule has 1 nitrogen and oxygen atoms in total. The van der Waals surface area contributed by atoms with Gasteiger partial charge in [-0.2, -0.15) is 0 Å². The van der Waals surface area contributed by atoms with Gasteiger partial charge in [-0.3, -0.25) is 0 Å². The van der Waals surface area contributed by atoms with E-state index in [1.807, 2.05) is 13.8 Å². The average molecular weight is 195 g/mol. The molecule has 0 aromatic rings. The SMILES string of the molecule is [CH2]C(C)(C)OC(C)C1=CC(C)(C)CC1. The second-order valence-electron chi connectivity index (χ2n) is 5.73. The molecule has 1 aliphatic carbocycles. The molecule has 1 unspecified atom stereocenters. The maximum atomic E-state index is 5.84. The largest absolute Gasteiger partial charge is 0.368 e. The van der Waals surface area contributed by atoms with Crippen LogP contribution in [0.2, 0.25) is 0 Å². The molecule has 0 amide bonds. The molecule has 1 aliphatic rings. The van der Waals surface area contributed by atoms with Gasteiger partial charge in [0.1, 0.15) is 0 Å². The molecule has 81 valence electrons. The Morgan fingerprint density at radius 2 is 2.07 bits per heavy atom. The average Bonchev–Trinajstić information content (AvgIpc) is 2.26. The molecule has 1 heteroatoms. The molecule has 0 fully saturated rings. The summed E-state index contributed by atoms with van der Waals surface area (Å²) in [7, 11) is 0. The van der Waals surface area contributed by atoms with Gasteiger partial charge < -0.3 is 4.74 Å². The van der Waals surface area contributed by atoms with Gasteiger partial charge in [-0.25, -0.2) is 0 Å². The molecule has 1 radical (unpaired) electrons. The second kappa shape index (κ2) is 3.69. The molecule has 0 saturated carbocycles. The molecule has 0 saturated heterocycles. The Hall–Kier alpha value is -0.300. The van der Waals surface area contributed by atoms with Crippen LogP contribution >= 0.6 is 0 Å². The highest BCUT2D eigenvalue weighted by Gasteiger charge is 2.27. The first kappa shape index (κ1) is 11.8. The van der Waals surface area contributed by atoms with Crippen molar-refractivity contribution in [2.24, 2.45) is 5.41 Å². The molecule has 1 atom stereocenters. The predicted molar refractivity (Wildman–Crippen MR) is 61.1 cm³/mol. The number of rotatable bonds is 3. The van der Waals surface area contributed by atoms with Gasteiger partial charge in [0.25, 0.3) is 0 Å². The van der Waals surface area contributed by atoms with Gasteiger partial charge in [0.2, 0.25) is 0 Å². The van der Waals surface area contributed by atoms with E-state index < -0.39 is 0 Å². The van der Waals surface area contributed by atoms with Crippen molar-refractivity contribution >= 4 is 0 Å². The Labute approximate surface area is 88.5 Å². The van der Waals surface area contributed by atoms with Gasteiger partial charge in [-0.15, -0.1) is 0 Å². The number of hydrogen-bond acceptors (Lipinski definition) is 1. The van der Waals surface area contributed by atoms with E-state index in [0.29, 0.717) is 5.41 Å². The van der Waals surface area contributed by atoms with E-state index in [9.17, 15) is 0 Å². The van der Waals surface area contributed by atoms with Crippen molar-refractivity contribution < 1.29 is 4.74 Å². The number of hydrogen-bond donors (Lipinski definition) is 0. The van der Waals surface area contributed by atoms with Crippen LogP contribution in [0.4, 0.5) is 0 Å². The van der Waals surface area contributed by atoms with Crippen molar-refractivity contribution in [3.63, 3.8) is 0 Å². The van der Waals surface area contributed by atoms with E-state index in [1.54, 1.807) is 0 Å². The van der Waals surface area contributed by atoms with Crippen LogP contribution in [0, 0.1) is 12.3 Å². The maximum absolute atomic E-state index is 5.84. The monoisotopic (exact) mass is 195 g/mol. The van der Waals surface area contributed by atoms with Gasteiger partial charge >= 0.3 is 0 Å². The zero-order chi connectivity index (χ0) is 11.0. The molecular weight excluding hydrogens is 172 g/mol. The summed E-state index contributed by atoms with van der Waals surface area (Å²) in [6.45, 7) is 14.7. The standard InChI is InChI=1S/C13H23O/c1-10(14-12(2,3)4)11-7-8-13(5,6)9-11/h9-10H,2,7-8H2,1,3-6H3. The third-order valence-electron chi connectivity index (χ3n) is 2.65. The van der Waals surface area contributed by atoms with Crippen LogP contribution in [-0.2, 0) is 4.74 Å². The topological polar surface area (TPSA) is 9.23 Å². The Bertz CT molecular complexity index is 230. The van der Waals surface area contributed by atoms with Crippen LogP contribution < -0.4 is 0 Å². The summed E-state index contributed by atoms with van der Waals surface area (Å²) < 4.78 is 5.84. The molecule has 14 heavy (non-hydrogen) atoms. The van der Waals surface area contributed by atoms with Gasteiger partial charge in [0.15, 0.2) is 0 Å². The Balaban J connectivity index is 2.59. The van der Waals surface area contributed by atoms with E-state index in [1.165, 1.54) is 18.4 Å². The van der Waals surface area contributed by atoms with Crippen molar-refractivity contribution in [3.8, 4) is 0 Å². The molecule has 0 bridgehead atoms. The molecular formula is C13H23O. The molecule has 0 aromatic heterocycles. The third-order valence-corrected chi connectivity index (χ3v) is 2.65. The smallest absolute Gasteiger partial charge is 0.0764 e. The van der Waals surface area contributed by atoms with Crippen LogP contribution in [0.25, 0.3) is 0 Å². The molecule has 0 aromatic carbocycles. The van der Waals surface area contributed by atoms with Crippen molar-refractivity contribution in [1.29, 1.82) is 0 Å². The van der Waals surface area contributed by atoms with Crippen LogP contribution in [0.15, 0.2) is 11.6 Å². The highest BCUT2D eigenvalue weighted by molar-refractivity contribution is 5.18. The summed E-state index contributed by atoms with van der Waals surface area (Å²) in [6, 6.07) is 0. The summed E-state index contributed by atoms with van der Waals surface area (Å²) in [6.07, 6.45) is 4.99. The lowest BCUT2D eigenvalue weighted by Crippen LogP contribution is -2.26. The lowest BCUT2D eigenvalue weighted by molar-refractivity contribution is -0.0173. The summed E-state index contributed by atoms with van der Waals surface area (Å²) in [5, 5.41) is 0. The minimum Gasteiger partial charge on any atom is -0.368 e. The number of ether oxygens (including phenoxy) is 1. The highest BCUT2D eigenvalue weighted by Crippen LogP contribution is 2.37. The zero-order valence-electron chi connectivity index (χ0n) is 10.2. The Morgan fingerprint density at radius 3 is 2.43 bits per heavy atom. The van der Waals surface area contributed by atoms with Gasteiger partial charge in [-0.1, -0.05) is 19.9 Å². The molecule has 0 spiro atoms. The van der Waals surface area contributed by atoms with E-state index in [0.717, 1.165) is 0 Å². The van der Waals surface area contributed by atoms with Crippen molar-refractivity contribution in [2.75, 3.05) is 0 Å². The minimum absolute atomic E-state index is 0.212. The minimum atomic E-state index is -0.285. The van der Waals surface area contributed by atoms with Crippen molar-refractivity contribution in [2.45, 2.75) is 59.2 Å². The molecule has 0 aliphatic heterocycles. The van der Waals surface area contributed by atoms with Crippen LogP contribution in [0.1, 0.15) is 47.5 Å². The third kappa shape index (κ3) is 3.45. The second-order valence-corrected chi connectivity index (χ2v) is 5.73. The van der Waals surface area contributed by atoms with Crippen LogP contribution in [-0.4, -0.2) is 11.7 Å². The first-order valence-electron chi connectivity index (χ1n) is 5.44. The lowest BCUT2D eigenvalue weighted by atomic mass is 9.94. The van der Waals surface area contributed by atoms with Crippen molar-refractivity contribution in [1.82, 2.24) is 0 Å². The number of allylic oxidation sites excluding steroid dienone is 1. The lowest BCUT2D eigenvalue weighted by Gasteiger charge is -2.25. The highest BCUT2D eigenvalue weighted by atomic mass is 16.5. The van der Waals surface area contributed by atoms with Crippen molar-refractivity contribution in [3.05, 3.63) is 18.6 Å². The fourth-order valence-corrected chi connectivity index (χ4v) is 1.99. The molecule has 0 N–H and O–H groups in total. The zero-order valence-corrected chi connectivity index (χ0v) is 10.2. The van der Waals surface area contributed by atoms with E-state index in [2.05, 4.69) is 33.8 Å². The van der Waals surface area contributed by atoms with E-state index >= 15 is 0 Å². The van der Waals surface area contributed by atoms with E-state index in [-0.39, 0.29) is 11.7 Å². The summed E-state index contributed by atoms with van der Waals surface area (Å²) in [5.74, 6) is 0. The Morgan fingerprint density at radius 1 is 1.50 bits per heavy atom. The fourth-order valence-electron chi connectivity index (χ4n) is 1.99. The first-order valence-corrected chi connectivity index (χ1v) is 5.44. The summed E-state index contributed by atoms with van der Waals surface area (Å²) in [5.41, 5.74) is 1.51. The normalized spacial score (nSPS) is 23.4. The maximum Gasteiger partial charge on any atom is 0.0764 e.